The molecule has 0 aliphatic carbocycles. The van der Waals surface area contributed by atoms with E-state index in [9.17, 15) is 9.90 Å². The smallest absolute Gasteiger partial charge is 0.234 e. The van der Waals surface area contributed by atoms with Crippen molar-refractivity contribution < 1.29 is 9.90 Å². The normalized spacial score (nSPS) is 18.5. The number of nitrogens with zero attached hydrogens (tertiary/aromatic N) is 2. The Balaban J connectivity index is 2.28. The third-order valence-corrected chi connectivity index (χ3v) is 3.41. The minimum absolute atomic E-state index is 0.0243. The molecule has 0 bridgehead atoms. The summed E-state index contributed by atoms with van der Waals surface area (Å²) < 4.78 is 0. The molecule has 6 heteroatoms. The summed E-state index contributed by atoms with van der Waals surface area (Å²) in [4.78, 5) is 16.0. The molecule has 0 aromatic rings. The van der Waals surface area contributed by atoms with Crippen molar-refractivity contribution in [3.8, 4) is 0 Å². The van der Waals surface area contributed by atoms with Crippen molar-refractivity contribution in [1.29, 1.82) is 0 Å². The van der Waals surface area contributed by atoms with E-state index < -0.39 is 6.10 Å². The van der Waals surface area contributed by atoms with Gasteiger partial charge in [0.05, 0.1) is 12.6 Å². The maximum atomic E-state index is 11.7. The number of nitrogens with one attached hydrogen (secondary N) is 2. The van der Waals surface area contributed by atoms with Gasteiger partial charge in [-0.25, -0.2) is 0 Å². The highest BCUT2D eigenvalue weighted by molar-refractivity contribution is 5.78. The molecule has 0 saturated carbocycles. The molecule has 0 aromatic heterocycles. The molecule has 1 unspecified atom stereocenters. The highest BCUT2D eigenvalue weighted by Crippen LogP contribution is 1.99. The maximum Gasteiger partial charge on any atom is 0.234 e. The van der Waals surface area contributed by atoms with Gasteiger partial charge in [0.25, 0.3) is 0 Å². The van der Waals surface area contributed by atoms with Gasteiger partial charge in [-0.15, -0.1) is 0 Å². The van der Waals surface area contributed by atoms with Gasteiger partial charge in [-0.1, -0.05) is 6.92 Å². The third-order valence-electron chi connectivity index (χ3n) is 3.41. The summed E-state index contributed by atoms with van der Waals surface area (Å²) >= 11 is 0. The molecule has 1 rings (SSSR count). The fourth-order valence-corrected chi connectivity index (χ4v) is 2.42. The molecule has 1 amide bonds. The minimum atomic E-state index is -0.403. The molecule has 1 heterocycles. The van der Waals surface area contributed by atoms with Crippen LogP contribution in [0.15, 0.2) is 0 Å². The molecule has 0 spiro atoms. The molecule has 3 N–H and O–H groups in total. The summed E-state index contributed by atoms with van der Waals surface area (Å²) in [6, 6.07) is 0.159. The van der Waals surface area contributed by atoms with Crippen LogP contribution in [0.5, 0.6) is 0 Å². The number of amides is 1. The van der Waals surface area contributed by atoms with Gasteiger partial charge in [-0.05, 0) is 20.4 Å². The van der Waals surface area contributed by atoms with Crippen LogP contribution < -0.4 is 10.6 Å². The SMILES string of the molecule is CCN(CC(=O)NC(C)C)CC(O)CN1CCNCC1. The van der Waals surface area contributed by atoms with Crippen LogP contribution in [-0.4, -0.2) is 85.3 Å². The van der Waals surface area contributed by atoms with Crippen molar-refractivity contribution in [2.45, 2.75) is 32.9 Å². The van der Waals surface area contributed by atoms with E-state index in [0.29, 0.717) is 19.6 Å². The average molecular weight is 286 g/mol. The number of likely N-dealkylation sites (N-methyl/N-ethyl adjacent to an activating group) is 1. The second-order valence-electron chi connectivity index (χ2n) is 5.75. The zero-order valence-corrected chi connectivity index (χ0v) is 13.1. The lowest BCUT2D eigenvalue weighted by Gasteiger charge is -2.31. The summed E-state index contributed by atoms with van der Waals surface area (Å²) in [6.07, 6.45) is -0.403. The Hall–Kier alpha value is -0.690. The first-order valence-corrected chi connectivity index (χ1v) is 7.64. The number of β-amino-alcohol motifs (C(OH)–C–C–N with tert-alkyl or cyclic N) is 1. The monoisotopic (exact) mass is 286 g/mol. The first-order chi connectivity index (χ1) is 9.51. The number of carbonyl (C=O) groups is 1. The van der Waals surface area contributed by atoms with Crippen molar-refractivity contribution in [2.75, 3.05) is 52.4 Å². The summed E-state index contributed by atoms with van der Waals surface area (Å²) in [6.45, 7) is 12.2. The molecule has 118 valence electrons. The van der Waals surface area contributed by atoms with E-state index in [-0.39, 0.29) is 11.9 Å². The van der Waals surface area contributed by atoms with Gasteiger partial charge in [-0.2, -0.15) is 0 Å². The van der Waals surface area contributed by atoms with Gasteiger partial charge < -0.3 is 15.7 Å². The van der Waals surface area contributed by atoms with Crippen LogP contribution in [0.4, 0.5) is 0 Å². The number of aliphatic hydroxyl groups is 1. The molecule has 1 aliphatic heterocycles. The van der Waals surface area contributed by atoms with Crippen LogP contribution >= 0.6 is 0 Å². The lowest BCUT2D eigenvalue weighted by molar-refractivity contribution is -0.123. The second kappa shape index (κ2) is 9.28. The number of aliphatic hydroxyl groups excluding tert-OH is 1. The number of hydrogen-bond donors (Lipinski definition) is 3. The van der Waals surface area contributed by atoms with Crippen LogP contribution in [0.2, 0.25) is 0 Å². The van der Waals surface area contributed by atoms with Gasteiger partial charge >= 0.3 is 0 Å². The summed E-state index contributed by atoms with van der Waals surface area (Å²) in [5, 5.41) is 16.3. The predicted molar refractivity (Wildman–Crippen MR) is 80.7 cm³/mol. The van der Waals surface area contributed by atoms with E-state index in [0.717, 1.165) is 32.7 Å². The Bertz CT molecular complexity index is 280. The molecule has 20 heavy (non-hydrogen) atoms. The van der Waals surface area contributed by atoms with E-state index in [4.69, 9.17) is 0 Å². The molecular weight excluding hydrogens is 256 g/mol. The van der Waals surface area contributed by atoms with Crippen molar-refractivity contribution in [2.24, 2.45) is 0 Å². The van der Waals surface area contributed by atoms with Gasteiger partial charge in [-0.3, -0.25) is 14.6 Å². The Morgan fingerprint density at radius 3 is 2.60 bits per heavy atom. The molecule has 1 aliphatic rings. The Morgan fingerprint density at radius 1 is 1.40 bits per heavy atom. The lowest BCUT2D eigenvalue weighted by Crippen LogP contribution is -2.49. The van der Waals surface area contributed by atoms with Crippen LogP contribution in [0.25, 0.3) is 0 Å². The summed E-state index contributed by atoms with van der Waals surface area (Å²) in [5.74, 6) is 0.0243. The fourth-order valence-electron chi connectivity index (χ4n) is 2.42. The second-order valence-corrected chi connectivity index (χ2v) is 5.75. The lowest BCUT2D eigenvalue weighted by atomic mass is 10.2. The zero-order chi connectivity index (χ0) is 15.0. The molecule has 6 nitrogen and oxygen atoms in total. The quantitative estimate of drug-likeness (QED) is 0.539. The highest BCUT2D eigenvalue weighted by atomic mass is 16.3. The minimum Gasteiger partial charge on any atom is -0.390 e. The van der Waals surface area contributed by atoms with Gasteiger partial charge in [0.15, 0.2) is 0 Å². The number of hydrogen-bond acceptors (Lipinski definition) is 5. The fraction of sp³-hybridized carbons (Fsp3) is 0.929. The van der Waals surface area contributed by atoms with E-state index >= 15 is 0 Å². The average Bonchev–Trinajstić information content (AvgIpc) is 2.38. The molecular formula is C14H30N4O2. The first kappa shape index (κ1) is 17.4. The third kappa shape index (κ3) is 7.19. The molecule has 1 atom stereocenters. The molecule has 1 saturated heterocycles. The van der Waals surface area contributed by atoms with E-state index in [1.54, 1.807) is 0 Å². The Kier molecular flexibility index (Phi) is 8.06. The topological polar surface area (TPSA) is 67.8 Å². The van der Waals surface area contributed by atoms with Crippen LogP contribution in [0, 0.1) is 0 Å². The molecule has 0 aromatic carbocycles. The van der Waals surface area contributed by atoms with Crippen molar-refractivity contribution >= 4 is 5.91 Å². The predicted octanol–water partition coefficient (Wildman–Crippen LogP) is -0.901. The number of rotatable bonds is 8. The first-order valence-electron chi connectivity index (χ1n) is 7.64. The molecule has 0 radical (unpaired) electrons. The summed E-state index contributed by atoms with van der Waals surface area (Å²) in [5.41, 5.74) is 0. The molecule has 1 fully saturated rings. The highest BCUT2D eigenvalue weighted by Gasteiger charge is 2.18. The van der Waals surface area contributed by atoms with Gasteiger partial charge in [0, 0.05) is 45.3 Å². The van der Waals surface area contributed by atoms with Crippen LogP contribution in [0.3, 0.4) is 0 Å². The Morgan fingerprint density at radius 2 is 2.05 bits per heavy atom. The van der Waals surface area contributed by atoms with Crippen molar-refractivity contribution in [3.05, 3.63) is 0 Å². The van der Waals surface area contributed by atoms with Gasteiger partial charge in [0.1, 0.15) is 0 Å². The van der Waals surface area contributed by atoms with Gasteiger partial charge in [0.2, 0.25) is 5.91 Å². The Labute approximate surface area is 122 Å². The standard InChI is InChI=1S/C14H30N4O2/c1-4-17(11-14(20)16-12(2)3)9-13(19)10-18-7-5-15-6-8-18/h12-13,15,19H,4-11H2,1-3H3,(H,16,20). The maximum absolute atomic E-state index is 11.7. The van der Waals surface area contributed by atoms with E-state index in [2.05, 4.69) is 15.5 Å². The van der Waals surface area contributed by atoms with E-state index in [1.807, 2.05) is 25.7 Å². The number of carbonyl (C=O) groups excluding carboxylic acids is 1. The van der Waals surface area contributed by atoms with Crippen LogP contribution in [0.1, 0.15) is 20.8 Å². The summed E-state index contributed by atoms with van der Waals surface area (Å²) in [7, 11) is 0. The van der Waals surface area contributed by atoms with Crippen molar-refractivity contribution in [1.82, 2.24) is 20.4 Å². The van der Waals surface area contributed by atoms with E-state index in [1.165, 1.54) is 0 Å². The van der Waals surface area contributed by atoms with Crippen molar-refractivity contribution in [3.63, 3.8) is 0 Å². The zero-order valence-electron chi connectivity index (χ0n) is 13.1. The largest absolute Gasteiger partial charge is 0.390 e. The van der Waals surface area contributed by atoms with Crippen LogP contribution in [-0.2, 0) is 4.79 Å². The number of piperazine rings is 1.